The fourth-order valence-electron chi connectivity index (χ4n) is 3.08. The van der Waals surface area contributed by atoms with Crippen molar-refractivity contribution in [1.82, 2.24) is 0 Å². The van der Waals surface area contributed by atoms with E-state index in [0.717, 1.165) is 6.07 Å². The lowest BCUT2D eigenvalue weighted by atomic mass is 9.83. The van der Waals surface area contributed by atoms with Crippen molar-refractivity contribution in [3.63, 3.8) is 0 Å². The summed E-state index contributed by atoms with van der Waals surface area (Å²) in [4.78, 5) is 36.7. The van der Waals surface area contributed by atoms with E-state index in [1.807, 2.05) is 0 Å². The first kappa shape index (κ1) is 18.0. The van der Waals surface area contributed by atoms with Gasteiger partial charge in [0.25, 0.3) is 0 Å². The van der Waals surface area contributed by atoms with Crippen LogP contribution in [-0.2, 0) is 9.84 Å². The van der Waals surface area contributed by atoms with Gasteiger partial charge in [-0.2, -0.15) is 0 Å². The quantitative estimate of drug-likeness (QED) is 0.738. The van der Waals surface area contributed by atoms with E-state index in [9.17, 15) is 27.9 Å². The molecule has 0 atom stereocenters. The van der Waals surface area contributed by atoms with Gasteiger partial charge in [-0.25, -0.2) is 13.2 Å². The van der Waals surface area contributed by atoms with Crippen LogP contribution in [0.15, 0.2) is 41.3 Å². The topological polar surface area (TPSA) is 106 Å². The summed E-state index contributed by atoms with van der Waals surface area (Å²) < 4.78 is 25.7. The zero-order chi connectivity index (χ0) is 19.1. The van der Waals surface area contributed by atoms with Gasteiger partial charge >= 0.3 is 5.97 Å². The minimum atomic E-state index is -4.05. The van der Waals surface area contributed by atoms with Crippen LogP contribution < -0.4 is 0 Å². The van der Waals surface area contributed by atoms with E-state index >= 15 is 0 Å². The maximum absolute atomic E-state index is 13.0. The van der Waals surface area contributed by atoms with Crippen LogP contribution in [-0.4, -0.2) is 36.8 Å². The van der Waals surface area contributed by atoms with Crippen LogP contribution in [0.5, 0.6) is 0 Å². The number of hydrogen-bond donors (Lipinski definition) is 1. The first-order valence-electron chi connectivity index (χ1n) is 8.11. The number of rotatable bonds is 5. The molecule has 0 aliphatic heterocycles. The number of carbonyl (C=O) groups excluding carboxylic acids is 2. The van der Waals surface area contributed by atoms with Crippen molar-refractivity contribution >= 4 is 27.4 Å². The monoisotopic (exact) mass is 372 g/mol. The van der Waals surface area contributed by atoms with Gasteiger partial charge in [0.05, 0.1) is 21.8 Å². The van der Waals surface area contributed by atoms with Crippen molar-refractivity contribution in [2.45, 2.75) is 24.7 Å². The lowest BCUT2D eigenvalue weighted by Gasteiger charge is -2.21. The SMILES string of the molecule is CCCCS(=O)(=O)c1c(C(=O)O)ccc2c1C(=O)c1ccccc1C2=O. The fraction of sp³-hybridized carbons (Fsp3) is 0.211. The van der Waals surface area contributed by atoms with E-state index in [4.69, 9.17) is 0 Å². The number of ketones is 2. The van der Waals surface area contributed by atoms with E-state index in [-0.39, 0.29) is 28.0 Å². The van der Waals surface area contributed by atoms with Crippen molar-refractivity contribution < 1.29 is 27.9 Å². The van der Waals surface area contributed by atoms with E-state index in [1.165, 1.54) is 18.2 Å². The Morgan fingerprint density at radius 1 is 0.962 bits per heavy atom. The summed E-state index contributed by atoms with van der Waals surface area (Å²) in [6, 6.07) is 8.41. The standard InChI is InChI=1S/C19H16O6S/c1-2-3-10-26(24,25)18-14(19(22)23)9-8-13-15(18)17(21)12-7-5-4-6-11(12)16(13)20/h4-9H,2-3,10H2,1H3,(H,22,23). The third kappa shape index (κ3) is 2.74. The van der Waals surface area contributed by atoms with Crippen LogP contribution in [0.2, 0.25) is 0 Å². The highest BCUT2D eigenvalue weighted by Crippen LogP contribution is 2.34. The van der Waals surface area contributed by atoms with Crippen molar-refractivity contribution in [1.29, 1.82) is 0 Å². The van der Waals surface area contributed by atoms with E-state index in [2.05, 4.69) is 0 Å². The zero-order valence-corrected chi connectivity index (χ0v) is 14.8. The Morgan fingerprint density at radius 3 is 2.15 bits per heavy atom. The van der Waals surface area contributed by atoms with Gasteiger partial charge in [0, 0.05) is 16.7 Å². The first-order valence-corrected chi connectivity index (χ1v) is 9.76. The third-order valence-corrected chi connectivity index (χ3v) is 6.23. The normalized spacial score (nSPS) is 13.3. The Balaban J connectivity index is 2.36. The largest absolute Gasteiger partial charge is 0.478 e. The van der Waals surface area contributed by atoms with Crippen LogP contribution in [0.4, 0.5) is 0 Å². The van der Waals surface area contributed by atoms with Gasteiger partial charge in [-0.05, 0) is 18.6 Å². The Bertz CT molecular complexity index is 1050. The van der Waals surface area contributed by atoms with Gasteiger partial charge in [0.1, 0.15) is 0 Å². The van der Waals surface area contributed by atoms with Crippen LogP contribution >= 0.6 is 0 Å². The molecule has 1 aliphatic carbocycles. The molecule has 0 spiro atoms. The Kier molecular flexibility index (Phi) is 4.50. The smallest absolute Gasteiger partial charge is 0.337 e. The second-order valence-corrected chi connectivity index (χ2v) is 8.09. The molecule has 0 unspecified atom stereocenters. The number of hydrogen-bond acceptors (Lipinski definition) is 5. The summed E-state index contributed by atoms with van der Waals surface area (Å²) in [5.41, 5.74) is -0.622. The van der Waals surface area contributed by atoms with Gasteiger partial charge < -0.3 is 5.11 Å². The molecule has 0 aromatic heterocycles. The summed E-state index contributed by atoms with van der Waals surface area (Å²) in [6.45, 7) is 1.80. The molecule has 26 heavy (non-hydrogen) atoms. The molecule has 3 rings (SSSR count). The fourth-order valence-corrected chi connectivity index (χ4v) is 4.96. The van der Waals surface area contributed by atoms with Crippen molar-refractivity contribution in [2.75, 3.05) is 5.75 Å². The molecule has 0 fully saturated rings. The first-order chi connectivity index (χ1) is 12.3. The van der Waals surface area contributed by atoms with Crippen molar-refractivity contribution in [2.24, 2.45) is 0 Å². The van der Waals surface area contributed by atoms with Crippen LogP contribution in [0.3, 0.4) is 0 Å². The zero-order valence-electron chi connectivity index (χ0n) is 14.0. The lowest BCUT2D eigenvalue weighted by molar-refractivity contribution is 0.0692. The molecular weight excluding hydrogens is 356 g/mol. The number of fused-ring (bicyclic) bond motifs is 2. The molecule has 6 nitrogen and oxygen atoms in total. The van der Waals surface area contributed by atoms with E-state index in [1.54, 1.807) is 19.1 Å². The average molecular weight is 372 g/mol. The highest BCUT2D eigenvalue weighted by Gasteiger charge is 2.37. The average Bonchev–Trinajstić information content (AvgIpc) is 2.63. The van der Waals surface area contributed by atoms with Crippen LogP contribution in [0.1, 0.15) is 62.0 Å². The maximum atomic E-state index is 13.0. The minimum absolute atomic E-state index is 0.0752. The molecule has 2 aromatic carbocycles. The number of benzene rings is 2. The number of sulfone groups is 1. The summed E-state index contributed by atoms with van der Waals surface area (Å²) in [5.74, 6) is -2.88. The molecule has 0 saturated heterocycles. The number of carboxylic acids is 1. The highest BCUT2D eigenvalue weighted by molar-refractivity contribution is 7.91. The molecule has 0 heterocycles. The predicted octanol–water partition coefficient (Wildman–Crippen LogP) is 2.73. The highest BCUT2D eigenvalue weighted by atomic mass is 32.2. The van der Waals surface area contributed by atoms with Crippen LogP contribution in [0, 0.1) is 0 Å². The number of unbranched alkanes of at least 4 members (excludes halogenated alkanes) is 1. The summed E-state index contributed by atoms with van der Waals surface area (Å²) in [6.07, 6.45) is 0.913. The molecule has 134 valence electrons. The van der Waals surface area contributed by atoms with E-state index < -0.39 is 37.8 Å². The molecule has 0 saturated carbocycles. The third-order valence-electron chi connectivity index (χ3n) is 4.35. The number of carboxylic acid groups (broad SMARTS) is 1. The molecule has 0 radical (unpaired) electrons. The molecule has 1 N–H and O–H groups in total. The summed E-state index contributed by atoms with van der Waals surface area (Å²) >= 11 is 0. The maximum Gasteiger partial charge on any atom is 0.337 e. The second-order valence-electron chi connectivity index (χ2n) is 6.05. The van der Waals surface area contributed by atoms with Gasteiger partial charge in [-0.15, -0.1) is 0 Å². The number of aromatic carboxylic acids is 1. The lowest BCUT2D eigenvalue weighted by Crippen LogP contribution is -2.26. The van der Waals surface area contributed by atoms with Crippen LogP contribution in [0.25, 0.3) is 0 Å². The predicted molar refractivity (Wildman–Crippen MR) is 93.7 cm³/mol. The molecule has 0 amide bonds. The molecule has 7 heteroatoms. The van der Waals surface area contributed by atoms with Crippen molar-refractivity contribution in [3.8, 4) is 0 Å². The summed E-state index contributed by atoms with van der Waals surface area (Å²) in [5, 5.41) is 9.44. The Morgan fingerprint density at radius 2 is 1.58 bits per heavy atom. The number of carbonyl (C=O) groups is 3. The van der Waals surface area contributed by atoms with Gasteiger partial charge in [0.2, 0.25) is 0 Å². The van der Waals surface area contributed by atoms with E-state index in [0.29, 0.717) is 12.8 Å². The molecular formula is C19H16O6S. The molecule has 0 bridgehead atoms. The Hall–Kier alpha value is -2.80. The van der Waals surface area contributed by atoms with Gasteiger partial charge in [0.15, 0.2) is 21.4 Å². The molecule has 1 aliphatic rings. The molecule has 2 aromatic rings. The second kappa shape index (κ2) is 6.49. The van der Waals surface area contributed by atoms with Gasteiger partial charge in [-0.1, -0.05) is 37.6 Å². The minimum Gasteiger partial charge on any atom is -0.478 e. The van der Waals surface area contributed by atoms with Crippen molar-refractivity contribution in [3.05, 3.63) is 64.2 Å². The van der Waals surface area contributed by atoms with Gasteiger partial charge in [-0.3, -0.25) is 9.59 Å². The summed E-state index contributed by atoms with van der Waals surface area (Å²) in [7, 11) is -4.05. The Labute approximate surface area is 150 Å².